The summed E-state index contributed by atoms with van der Waals surface area (Å²) in [5.41, 5.74) is 2.40. The van der Waals surface area contributed by atoms with E-state index in [9.17, 15) is 4.79 Å². The van der Waals surface area contributed by atoms with Gasteiger partial charge < -0.3 is 14.6 Å². The number of amides is 1. The first-order valence-electron chi connectivity index (χ1n) is 12.5. The van der Waals surface area contributed by atoms with Gasteiger partial charge in [0.05, 0.1) is 5.75 Å². The largest absolute Gasteiger partial charge is 0.455 e. The van der Waals surface area contributed by atoms with Gasteiger partial charge in [-0.3, -0.25) is 9.69 Å². The van der Waals surface area contributed by atoms with Gasteiger partial charge in [-0.1, -0.05) is 49.0 Å². The lowest BCUT2D eigenvalue weighted by Gasteiger charge is -2.35. The summed E-state index contributed by atoms with van der Waals surface area (Å²) in [7, 11) is 0. The lowest BCUT2D eigenvalue weighted by molar-refractivity contribution is 0.0922. The maximum absolute atomic E-state index is 12.2. The van der Waals surface area contributed by atoms with E-state index < -0.39 is 0 Å². The van der Waals surface area contributed by atoms with Crippen molar-refractivity contribution in [2.75, 3.05) is 37.6 Å². The Morgan fingerprint density at radius 2 is 1.89 bits per heavy atom. The minimum absolute atomic E-state index is 0.133. The number of anilines is 1. The molecule has 2 aromatic heterocycles. The number of piperazine rings is 1. The number of nitrogens with zero attached hydrogens (tertiary/aromatic N) is 4. The monoisotopic (exact) mass is 491 g/mol. The molecular weight excluding hydrogens is 458 g/mol. The predicted octanol–water partition coefficient (Wildman–Crippen LogP) is 4.39. The van der Waals surface area contributed by atoms with E-state index in [2.05, 4.69) is 58.4 Å². The van der Waals surface area contributed by atoms with Gasteiger partial charge in [0, 0.05) is 51.0 Å². The molecule has 1 amide bonds. The zero-order valence-corrected chi connectivity index (χ0v) is 21.1. The Balaban J connectivity index is 1.16. The molecule has 1 aliphatic carbocycles. The topological polar surface area (TPSA) is 74.5 Å². The van der Waals surface area contributed by atoms with Gasteiger partial charge in [0.25, 0.3) is 5.91 Å². The molecule has 184 valence electrons. The highest BCUT2D eigenvalue weighted by molar-refractivity contribution is 7.98. The van der Waals surface area contributed by atoms with Crippen LogP contribution >= 0.6 is 11.8 Å². The van der Waals surface area contributed by atoms with Gasteiger partial charge in [-0.25, -0.2) is 9.97 Å². The van der Waals surface area contributed by atoms with Crippen LogP contribution in [0.25, 0.3) is 0 Å². The van der Waals surface area contributed by atoms with Crippen LogP contribution < -0.4 is 10.2 Å². The third kappa shape index (κ3) is 6.64. The van der Waals surface area contributed by atoms with Crippen molar-refractivity contribution in [2.24, 2.45) is 5.92 Å². The molecule has 1 aromatic carbocycles. The van der Waals surface area contributed by atoms with E-state index in [0.29, 0.717) is 17.4 Å². The van der Waals surface area contributed by atoms with E-state index in [1.807, 2.05) is 6.07 Å². The van der Waals surface area contributed by atoms with E-state index in [-0.39, 0.29) is 5.91 Å². The van der Waals surface area contributed by atoms with Crippen molar-refractivity contribution in [3.05, 3.63) is 71.3 Å². The molecule has 5 rings (SSSR count). The molecule has 1 N–H and O–H groups in total. The fourth-order valence-electron chi connectivity index (χ4n) is 4.20. The lowest BCUT2D eigenvalue weighted by atomic mass is 10.2. The zero-order chi connectivity index (χ0) is 24.0. The first-order valence-corrected chi connectivity index (χ1v) is 13.5. The molecule has 8 heteroatoms. The van der Waals surface area contributed by atoms with Crippen molar-refractivity contribution in [2.45, 2.75) is 43.6 Å². The average Bonchev–Trinajstić information content (AvgIpc) is 3.61. The summed E-state index contributed by atoms with van der Waals surface area (Å²) in [4.78, 5) is 26.7. The number of carbonyl (C=O) groups excluding carboxylic acids is 1. The van der Waals surface area contributed by atoms with Crippen molar-refractivity contribution in [3.8, 4) is 0 Å². The number of aryl methyl sites for hydroxylation is 1. The van der Waals surface area contributed by atoms with Crippen LogP contribution in [0.4, 0.5) is 5.82 Å². The van der Waals surface area contributed by atoms with Crippen LogP contribution in [0.3, 0.4) is 0 Å². The summed E-state index contributed by atoms with van der Waals surface area (Å²) in [6, 6.07) is 16.4. The number of hydrogen-bond donors (Lipinski definition) is 1. The summed E-state index contributed by atoms with van der Waals surface area (Å²) in [5, 5.41) is 3.70. The molecule has 7 nitrogen and oxygen atoms in total. The van der Waals surface area contributed by atoms with Crippen LogP contribution in [-0.4, -0.2) is 53.5 Å². The SMILES string of the molecule is CCc1cc(N2CCN(Cc3ccccc3)CC2)nc(SCc2ccc(C(=O)NCC3CC3)o2)n1. The molecule has 0 atom stereocenters. The maximum atomic E-state index is 12.2. The lowest BCUT2D eigenvalue weighted by Crippen LogP contribution is -2.46. The quantitative estimate of drug-likeness (QED) is 0.333. The second-order valence-corrected chi connectivity index (χ2v) is 10.3. The van der Waals surface area contributed by atoms with Crippen LogP contribution in [0.5, 0.6) is 0 Å². The first kappa shape index (κ1) is 23.9. The van der Waals surface area contributed by atoms with E-state index in [1.165, 1.54) is 18.4 Å². The van der Waals surface area contributed by atoms with Crippen LogP contribution in [0.2, 0.25) is 0 Å². The molecule has 2 fully saturated rings. The summed E-state index contributed by atoms with van der Waals surface area (Å²) in [5.74, 6) is 3.23. The highest BCUT2D eigenvalue weighted by atomic mass is 32.2. The Hall–Kier alpha value is -2.84. The second-order valence-electron chi connectivity index (χ2n) is 9.31. The Kier molecular flexibility index (Phi) is 7.69. The van der Waals surface area contributed by atoms with Crippen LogP contribution in [0.15, 0.2) is 58.1 Å². The van der Waals surface area contributed by atoms with Gasteiger partial charge in [-0.05, 0) is 42.9 Å². The van der Waals surface area contributed by atoms with Crippen molar-refractivity contribution in [1.29, 1.82) is 0 Å². The molecule has 2 aliphatic rings. The number of thioether (sulfide) groups is 1. The highest BCUT2D eigenvalue weighted by Crippen LogP contribution is 2.28. The molecule has 0 radical (unpaired) electrons. The molecule has 1 aliphatic heterocycles. The number of nitrogens with one attached hydrogen (secondary N) is 1. The number of aromatic nitrogens is 2. The van der Waals surface area contributed by atoms with Crippen LogP contribution in [0, 0.1) is 5.92 Å². The first-order chi connectivity index (χ1) is 17.2. The number of furan rings is 1. The molecule has 35 heavy (non-hydrogen) atoms. The summed E-state index contributed by atoms with van der Waals surface area (Å²) < 4.78 is 5.78. The molecule has 3 heterocycles. The molecule has 0 bridgehead atoms. The Bertz CT molecular complexity index is 1120. The summed E-state index contributed by atoms with van der Waals surface area (Å²) in [6.45, 7) is 7.79. The van der Waals surface area contributed by atoms with Crippen molar-refractivity contribution < 1.29 is 9.21 Å². The van der Waals surface area contributed by atoms with Crippen molar-refractivity contribution in [1.82, 2.24) is 20.2 Å². The summed E-state index contributed by atoms with van der Waals surface area (Å²) >= 11 is 1.55. The van der Waals surface area contributed by atoms with Gasteiger partial charge in [0.2, 0.25) is 0 Å². The fraction of sp³-hybridized carbons (Fsp3) is 0.444. The smallest absolute Gasteiger partial charge is 0.287 e. The average molecular weight is 492 g/mol. The molecule has 0 spiro atoms. The Labute approximate surface area is 211 Å². The van der Waals surface area contributed by atoms with Gasteiger partial charge in [-0.2, -0.15) is 0 Å². The minimum Gasteiger partial charge on any atom is -0.455 e. The molecule has 1 saturated heterocycles. The normalized spacial score (nSPS) is 16.4. The van der Waals surface area contributed by atoms with Crippen LogP contribution in [-0.2, 0) is 18.7 Å². The van der Waals surface area contributed by atoms with Gasteiger partial charge in [0.15, 0.2) is 10.9 Å². The number of carbonyl (C=O) groups is 1. The summed E-state index contributed by atoms with van der Waals surface area (Å²) in [6.07, 6.45) is 3.29. The standard InChI is InChI=1S/C27H33N5O2S/c1-2-22-16-25(32-14-12-31(13-15-32)18-21-6-4-3-5-7-21)30-27(29-22)35-19-23-10-11-24(34-23)26(33)28-17-20-8-9-20/h3-7,10-11,16,20H,2,8-9,12-15,17-19H2,1H3,(H,28,33). The molecule has 1 saturated carbocycles. The molecular formula is C27H33N5O2S. The number of rotatable bonds is 10. The third-order valence-electron chi connectivity index (χ3n) is 6.53. The number of benzene rings is 1. The van der Waals surface area contributed by atoms with E-state index in [4.69, 9.17) is 14.4 Å². The zero-order valence-electron chi connectivity index (χ0n) is 20.3. The van der Waals surface area contributed by atoms with Crippen molar-refractivity contribution in [3.63, 3.8) is 0 Å². The maximum Gasteiger partial charge on any atom is 0.287 e. The van der Waals surface area contributed by atoms with Gasteiger partial charge in [0.1, 0.15) is 11.6 Å². The minimum atomic E-state index is -0.133. The molecule has 3 aromatic rings. The Morgan fingerprint density at radius 3 is 2.63 bits per heavy atom. The second kappa shape index (κ2) is 11.3. The Morgan fingerprint density at radius 1 is 1.09 bits per heavy atom. The predicted molar refractivity (Wildman–Crippen MR) is 139 cm³/mol. The highest BCUT2D eigenvalue weighted by Gasteiger charge is 2.23. The number of hydrogen-bond acceptors (Lipinski definition) is 7. The van der Waals surface area contributed by atoms with Crippen LogP contribution in [0.1, 0.15) is 47.3 Å². The van der Waals surface area contributed by atoms with E-state index >= 15 is 0 Å². The molecule has 0 unspecified atom stereocenters. The van der Waals surface area contributed by atoms with Gasteiger partial charge >= 0.3 is 0 Å². The van der Waals surface area contributed by atoms with Gasteiger partial charge in [-0.15, -0.1) is 0 Å². The van der Waals surface area contributed by atoms with Crippen molar-refractivity contribution >= 4 is 23.5 Å². The van der Waals surface area contributed by atoms with E-state index in [1.54, 1.807) is 17.8 Å². The van der Waals surface area contributed by atoms with E-state index in [0.717, 1.165) is 68.1 Å². The third-order valence-corrected chi connectivity index (χ3v) is 7.40. The fourth-order valence-corrected chi connectivity index (χ4v) is 4.97.